The van der Waals surface area contributed by atoms with Gasteiger partial charge in [-0.1, -0.05) is 36.8 Å². The van der Waals surface area contributed by atoms with Gasteiger partial charge in [-0.15, -0.1) is 0 Å². The minimum atomic E-state index is 0.360. The molecule has 1 saturated heterocycles. The third-order valence-electron chi connectivity index (χ3n) is 3.74. The zero-order valence-electron chi connectivity index (χ0n) is 11.0. The summed E-state index contributed by atoms with van der Waals surface area (Å²) in [5.41, 5.74) is 8.91. The van der Waals surface area contributed by atoms with Crippen LogP contribution < -0.4 is 5.73 Å². The number of nitrogens with zero attached hydrogens (tertiary/aromatic N) is 1. The first kappa shape index (κ1) is 12.6. The molecule has 2 heteroatoms. The molecule has 1 heterocycles. The summed E-state index contributed by atoms with van der Waals surface area (Å²) in [7, 11) is 0. The maximum atomic E-state index is 6.13. The van der Waals surface area contributed by atoms with E-state index in [4.69, 9.17) is 5.73 Å². The normalized spacial score (nSPS) is 26.1. The number of aryl methyl sites for hydroxylation is 1. The molecule has 1 aromatic carbocycles. The SMILES string of the molecule is CCN1CC(N)CC(Cc2ccc(C)cc2)C1. The second kappa shape index (κ2) is 5.65. The lowest BCUT2D eigenvalue weighted by atomic mass is 9.89. The third-order valence-corrected chi connectivity index (χ3v) is 3.74. The smallest absolute Gasteiger partial charge is 0.0171 e. The molecule has 0 saturated carbocycles. The number of piperidine rings is 1. The van der Waals surface area contributed by atoms with Gasteiger partial charge in [0, 0.05) is 19.1 Å². The Morgan fingerprint density at radius 3 is 2.59 bits per heavy atom. The van der Waals surface area contributed by atoms with E-state index in [9.17, 15) is 0 Å². The zero-order chi connectivity index (χ0) is 12.3. The van der Waals surface area contributed by atoms with Gasteiger partial charge in [0.25, 0.3) is 0 Å². The van der Waals surface area contributed by atoms with Crippen molar-refractivity contribution < 1.29 is 0 Å². The van der Waals surface area contributed by atoms with Gasteiger partial charge >= 0.3 is 0 Å². The van der Waals surface area contributed by atoms with Crippen molar-refractivity contribution in [3.63, 3.8) is 0 Å². The summed E-state index contributed by atoms with van der Waals surface area (Å²) >= 11 is 0. The fraction of sp³-hybridized carbons (Fsp3) is 0.600. The van der Waals surface area contributed by atoms with Crippen molar-refractivity contribution in [3.05, 3.63) is 35.4 Å². The molecule has 0 aromatic heterocycles. The van der Waals surface area contributed by atoms with Crippen molar-refractivity contribution in [2.75, 3.05) is 19.6 Å². The summed E-state index contributed by atoms with van der Waals surface area (Å²) in [4.78, 5) is 2.48. The molecule has 17 heavy (non-hydrogen) atoms. The molecule has 2 nitrogen and oxygen atoms in total. The van der Waals surface area contributed by atoms with Gasteiger partial charge in [0.15, 0.2) is 0 Å². The van der Waals surface area contributed by atoms with E-state index in [1.807, 2.05) is 0 Å². The maximum absolute atomic E-state index is 6.13. The highest BCUT2D eigenvalue weighted by atomic mass is 15.1. The van der Waals surface area contributed by atoms with E-state index >= 15 is 0 Å². The monoisotopic (exact) mass is 232 g/mol. The van der Waals surface area contributed by atoms with Gasteiger partial charge < -0.3 is 10.6 Å². The molecule has 0 bridgehead atoms. The molecular formula is C15H24N2. The van der Waals surface area contributed by atoms with Crippen LogP contribution in [0.25, 0.3) is 0 Å². The van der Waals surface area contributed by atoms with E-state index in [1.165, 1.54) is 30.5 Å². The number of likely N-dealkylation sites (N-methyl/N-ethyl adjacent to an activating group) is 1. The second-order valence-corrected chi connectivity index (χ2v) is 5.40. The molecule has 2 atom stereocenters. The van der Waals surface area contributed by atoms with Gasteiger partial charge in [-0.3, -0.25) is 0 Å². The molecule has 0 amide bonds. The van der Waals surface area contributed by atoms with Crippen LogP contribution in [0.4, 0.5) is 0 Å². The van der Waals surface area contributed by atoms with Crippen molar-refractivity contribution in [1.29, 1.82) is 0 Å². The number of nitrogens with two attached hydrogens (primary N) is 1. The molecular weight excluding hydrogens is 208 g/mol. The quantitative estimate of drug-likeness (QED) is 0.865. The predicted molar refractivity (Wildman–Crippen MR) is 73.1 cm³/mol. The van der Waals surface area contributed by atoms with Crippen molar-refractivity contribution in [1.82, 2.24) is 4.90 Å². The summed E-state index contributed by atoms with van der Waals surface area (Å²) in [5, 5.41) is 0. The van der Waals surface area contributed by atoms with Crippen LogP contribution in [0.3, 0.4) is 0 Å². The topological polar surface area (TPSA) is 29.3 Å². The van der Waals surface area contributed by atoms with Crippen LogP contribution in [0, 0.1) is 12.8 Å². The van der Waals surface area contributed by atoms with Crippen molar-refractivity contribution in [2.45, 2.75) is 32.7 Å². The Morgan fingerprint density at radius 2 is 1.94 bits per heavy atom. The fourth-order valence-corrected chi connectivity index (χ4v) is 2.81. The molecule has 0 spiro atoms. The van der Waals surface area contributed by atoms with E-state index in [2.05, 4.69) is 43.0 Å². The lowest BCUT2D eigenvalue weighted by Crippen LogP contribution is -2.47. The zero-order valence-corrected chi connectivity index (χ0v) is 11.0. The van der Waals surface area contributed by atoms with Crippen LogP contribution in [0.5, 0.6) is 0 Å². The van der Waals surface area contributed by atoms with E-state index in [-0.39, 0.29) is 0 Å². The number of rotatable bonds is 3. The maximum Gasteiger partial charge on any atom is 0.0171 e. The van der Waals surface area contributed by atoms with Gasteiger partial charge in [0.05, 0.1) is 0 Å². The van der Waals surface area contributed by atoms with Crippen LogP contribution >= 0.6 is 0 Å². The summed E-state index contributed by atoms with van der Waals surface area (Å²) in [6, 6.07) is 9.28. The standard InChI is InChI=1S/C15H24N2/c1-3-17-10-14(9-15(16)11-17)8-13-6-4-12(2)5-7-13/h4-7,14-15H,3,8-11,16H2,1-2H3. The molecule has 1 fully saturated rings. The number of hydrogen-bond acceptors (Lipinski definition) is 2. The van der Waals surface area contributed by atoms with Gasteiger partial charge in [-0.05, 0) is 37.8 Å². The molecule has 2 rings (SSSR count). The Bertz CT molecular complexity index is 344. The average molecular weight is 232 g/mol. The van der Waals surface area contributed by atoms with E-state index in [0.717, 1.165) is 19.0 Å². The Balaban J connectivity index is 1.95. The van der Waals surface area contributed by atoms with Crippen molar-refractivity contribution in [2.24, 2.45) is 11.7 Å². The second-order valence-electron chi connectivity index (χ2n) is 5.40. The average Bonchev–Trinajstić information content (AvgIpc) is 2.31. The van der Waals surface area contributed by atoms with Crippen LogP contribution in [-0.2, 0) is 6.42 Å². The number of hydrogen-bond donors (Lipinski definition) is 1. The molecule has 2 N–H and O–H groups in total. The number of benzene rings is 1. The fourth-order valence-electron chi connectivity index (χ4n) is 2.81. The Kier molecular flexibility index (Phi) is 4.19. The summed E-state index contributed by atoms with van der Waals surface area (Å²) < 4.78 is 0. The lowest BCUT2D eigenvalue weighted by Gasteiger charge is -2.35. The Labute approximate surface area is 105 Å². The molecule has 0 aliphatic carbocycles. The van der Waals surface area contributed by atoms with Crippen LogP contribution in [-0.4, -0.2) is 30.6 Å². The molecule has 94 valence electrons. The highest BCUT2D eigenvalue weighted by Crippen LogP contribution is 2.20. The highest BCUT2D eigenvalue weighted by Gasteiger charge is 2.23. The first-order chi connectivity index (χ1) is 8.17. The predicted octanol–water partition coefficient (Wildman–Crippen LogP) is 2.21. The van der Waals surface area contributed by atoms with Crippen LogP contribution in [0.2, 0.25) is 0 Å². The molecule has 0 radical (unpaired) electrons. The summed E-state index contributed by atoms with van der Waals surface area (Å²) in [6.45, 7) is 7.76. The summed E-state index contributed by atoms with van der Waals surface area (Å²) in [5.74, 6) is 0.724. The lowest BCUT2D eigenvalue weighted by molar-refractivity contribution is 0.163. The highest BCUT2D eigenvalue weighted by molar-refractivity contribution is 5.21. The van der Waals surface area contributed by atoms with E-state index in [1.54, 1.807) is 0 Å². The summed E-state index contributed by atoms with van der Waals surface area (Å²) in [6.07, 6.45) is 2.34. The van der Waals surface area contributed by atoms with E-state index in [0.29, 0.717) is 6.04 Å². The number of likely N-dealkylation sites (tertiary alicyclic amines) is 1. The molecule has 2 unspecified atom stereocenters. The molecule has 1 aliphatic heterocycles. The Morgan fingerprint density at radius 1 is 1.24 bits per heavy atom. The third kappa shape index (κ3) is 3.55. The first-order valence-electron chi connectivity index (χ1n) is 6.71. The van der Waals surface area contributed by atoms with Crippen molar-refractivity contribution in [3.8, 4) is 0 Å². The van der Waals surface area contributed by atoms with Gasteiger partial charge in [-0.25, -0.2) is 0 Å². The Hall–Kier alpha value is -0.860. The van der Waals surface area contributed by atoms with Gasteiger partial charge in [0.1, 0.15) is 0 Å². The van der Waals surface area contributed by atoms with Crippen molar-refractivity contribution >= 4 is 0 Å². The minimum absolute atomic E-state index is 0.360. The molecule has 1 aliphatic rings. The van der Waals surface area contributed by atoms with Crippen LogP contribution in [0.1, 0.15) is 24.5 Å². The minimum Gasteiger partial charge on any atom is -0.327 e. The van der Waals surface area contributed by atoms with Gasteiger partial charge in [0.2, 0.25) is 0 Å². The largest absolute Gasteiger partial charge is 0.327 e. The van der Waals surface area contributed by atoms with Gasteiger partial charge in [-0.2, -0.15) is 0 Å². The van der Waals surface area contributed by atoms with Crippen LogP contribution in [0.15, 0.2) is 24.3 Å². The molecule has 1 aromatic rings. The van der Waals surface area contributed by atoms with E-state index < -0.39 is 0 Å². The first-order valence-corrected chi connectivity index (χ1v) is 6.71.